The van der Waals surface area contributed by atoms with Crippen molar-refractivity contribution in [2.45, 2.75) is 18.9 Å². The molecule has 2 heterocycles. The number of benzene rings is 1. The first-order valence-corrected chi connectivity index (χ1v) is 6.88. The number of hydrogen-bond donors (Lipinski definition) is 1. The first-order chi connectivity index (χ1) is 9.84. The topological polar surface area (TPSA) is 45.2 Å². The summed E-state index contributed by atoms with van der Waals surface area (Å²) in [5.41, 5.74) is 1.79. The minimum Gasteiger partial charge on any atom is -0.316 e. The Labute approximate surface area is 118 Å². The average molecular weight is 267 g/mol. The SMILES string of the molecule is O=C(Nc1ccccc1)N1CCCC1c1ccccn1. The van der Waals surface area contributed by atoms with Gasteiger partial charge in [-0.3, -0.25) is 4.98 Å². The van der Waals surface area contributed by atoms with Gasteiger partial charge in [-0.2, -0.15) is 0 Å². The molecule has 1 unspecified atom stereocenters. The molecule has 1 aromatic heterocycles. The smallest absolute Gasteiger partial charge is 0.316 e. The molecule has 1 fully saturated rings. The monoisotopic (exact) mass is 267 g/mol. The largest absolute Gasteiger partial charge is 0.322 e. The fourth-order valence-corrected chi connectivity index (χ4v) is 2.61. The van der Waals surface area contributed by atoms with E-state index in [1.807, 2.05) is 53.4 Å². The van der Waals surface area contributed by atoms with Gasteiger partial charge in [-0.05, 0) is 37.1 Å². The zero-order valence-corrected chi connectivity index (χ0v) is 11.2. The predicted molar refractivity (Wildman–Crippen MR) is 78.4 cm³/mol. The van der Waals surface area contributed by atoms with Crippen LogP contribution in [0.5, 0.6) is 0 Å². The number of urea groups is 1. The Morgan fingerprint density at radius 2 is 1.95 bits per heavy atom. The van der Waals surface area contributed by atoms with Crippen LogP contribution in [0.25, 0.3) is 0 Å². The highest BCUT2D eigenvalue weighted by molar-refractivity contribution is 5.89. The Bertz CT molecular complexity index is 571. The van der Waals surface area contributed by atoms with E-state index in [0.29, 0.717) is 0 Å². The van der Waals surface area contributed by atoms with E-state index >= 15 is 0 Å². The minimum atomic E-state index is -0.0515. The fourth-order valence-electron chi connectivity index (χ4n) is 2.61. The van der Waals surface area contributed by atoms with E-state index in [1.54, 1.807) is 6.20 Å². The van der Waals surface area contributed by atoms with Gasteiger partial charge in [0.05, 0.1) is 11.7 Å². The first-order valence-electron chi connectivity index (χ1n) is 6.88. The van der Waals surface area contributed by atoms with Crippen molar-refractivity contribution < 1.29 is 4.79 Å². The van der Waals surface area contributed by atoms with Gasteiger partial charge in [-0.15, -0.1) is 0 Å². The van der Waals surface area contributed by atoms with E-state index in [2.05, 4.69) is 10.3 Å². The van der Waals surface area contributed by atoms with E-state index < -0.39 is 0 Å². The van der Waals surface area contributed by atoms with Crippen LogP contribution in [-0.2, 0) is 0 Å². The van der Waals surface area contributed by atoms with Gasteiger partial charge in [0.25, 0.3) is 0 Å². The third-order valence-corrected chi connectivity index (χ3v) is 3.57. The van der Waals surface area contributed by atoms with Gasteiger partial charge >= 0.3 is 6.03 Å². The second kappa shape index (κ2) is 5.74. The van der Waals surface area contributed by atoms with Gasteiger partial charge in [0.1, 0.15) is 0 Å². The van der Waals surface area contributed by atoms with E-state index in [4.69, 9.17) is 0 Å². The van der Waals surface area contributed by atoms with Crippen LogP contribution in [0.4, 0.5) is 10.5 Å². The minimum absolute atomic E-state index is 0.0515. The number of nitrogens with one attached hydrogen (secondary N) is 1. The van der Waals surface area contributed by atoms with Crippen molar-refractivity contribution in [3.8, 4) is 0 Å². The van der Waals surface area contributed by atoms with Crippen molar-refractivity contribution in [1.29, 1.82) is 0 Å². The molecular formula is C16H17N3O. The molecule has 0 spiro atoms. The van der Waals surface area contributed by atoms with Crippen LogP contribution in [0.1, 0.15) is 24.6 Å². The van der Waals surface area contributed by atoms with Crippen molar-refractivity contribution >= 4 is 11.7 Å². The average Bonchev–Trinajstić information content (AvgIpc) is 2.99. The van der Waals surface area contributed by atoms with Crippen molar-refractivity contribution in [3.05, 3.63) is 60.4 Å². The lowest BCUT2D eigenvalue weighted by Gasteiger charge is -2.24. The van der Waals surface area contributed by atoms with Crippen LogP contribution < -0.4 is 5.32 Å². The van der Waals surface area contributed by atoms with Crippen LogP contribution in [0.2, 0.25) is 0 Å². The summed E-state index contributed by atoms with van der Waals surface area (Å²) in [6.45, 7) is 0.778. The lowest BCUT2D eigenvalue weighted by Crippen LogP contribution is -2.34. The quantitative estimate of drug-likeness (QED) is 0.905. The number of likely N-dealkylation sites (tertiary alicyclic amines) is 1. The Morgan fingerprint density at radius 1 is 1.15 bits per heavy atom. The number of amides is 2. The molecule has 0 bridgehead atoms. The molecular weight excluding hydrogens is 250 g/mol. The number of anilines is 1. The molecule has 4 heteroatoms. The molecule has 1 aliphatic heterocycles. The lowest BCUT2D eigenvalue weighted by atomic mass is 10.1. The van der Waals surface area contributed by atoms with Crippen LogP contribution in [0.3, 0.4) is 0 Å². The Hall–Kier alpha value is -2.36. The maximum Gasteiger partial charge on any atom is 0.322 e. The molecule has 0 radical (unpaired) electrons. The fraction of sp³-hybridized carbons (Fsp3) is 0.250. The highest BCUT2D eigenvalue weighted by Gasteiger charge is 2.30. The van der Waals surface area contributed by atoms with Gasteiger partial charge in [0.2, 0.25) is 0 Å². The van der Waals surface area contributed by atoms with E-state index in [0.717, 1.165) is 30.8 Å². The van der Waals surface area contributed by atoms with Crippen molar-refractivity contribution in [2.75, 3.05) is 11.9 Å². The summed E-state index contributed by atoms with van der Waals surface area (Å²) in [6.07, 6.45) is 3.77. The number of nitrogens with zero attached hydrogens (tertiary/aromatic N) is 2. The number of hydrogen-bond acceptors (Lipinski definition) is 2. The van der Waals surface area contributed by atoms with Crippen molar-refractivity contribution in [1.82, 2.24) is 9.88 Å². The van der Waals surface area contributed by atoms with Crippen LogP contribution in [0.15, 0.2) is 54.7 Å². The molecule has 3 rings (SSSR count). The maximum absolute atomic E-state index is 12.4. The summed E-state index contributed by atoms with van der Waals surface area (Å²) in [6, 6.07) is 15.4. The Morgan fingerprint density at radius 3 is 2.70 bits per heavy atom. The maximum atomic E-state index is 12.4. The summed E-state index contributed by atoms with van der Waals surface area (Å²) in [5.74, 6) is 0. The normalized spacial score (nSPS) is 18.0. The van der Waals surface area contributed by atoms with E-state index in [9.17, 15) is 4.79 Å². The molecule has 0 aliphatic carbocycles. The van der Waals surface area contributed by atoms with Crippen molar-refractivity contribution in [2.24, 2.45) is 0 Å². The molecule has 1 saturated heterocycles. The number of para-hydroxylation sites is 1. The number of rotatable bonds is 2. The molecule has 20 heavy (non-hydrogen) atoms. The van der Waals surface area contributed by atoms with Gasteiger partial charge in [-0.1, -0.05) is 24.3 Å². The summed E-state index contributed by atoms with van der Waals surface area (Å²) < 4.78 is 0. The van der Waals surface area contributed by atoms with Crippen molar-refractivity contribution in [3.63, 3.8) is 0 Å². The molecule has 1 atom stereocenters. The zero-order chi connectivity index (χ0) is 13.8. The molecule has 4 nitrogen and oxygen atoms in total. The second-order valence-corrected chi connectivity index (χ2v) is 4.90. The molecule has 2 amide bonds. The van der Waals surface area contributed by atoms with Gasteiger partial charge in [0, 0.05) is 18.4 Å². The number of carbonyl (C=O) groups excluding carboxylic acids is 1. The first kappa shape index (κ1) is 12.7. The molecule has 1 aliphatic rings. The highest BCUT2D eigenvalue weighted by Crippen LogP contribution is 2.30. The molecule has 2 aromatic rings. The summed E-state index contributed by atoms with van der Waals surface area (Å²) in [4.78, 5) is 18.6. The lowest BCUT2D eigenvalue weighted by molar-refractivity contribution is 0.206. The van der Waals surface area contributed by atoms with Crippen LogP contribution in [-0.4, -0.2) is 22.5 Å². The number of aromatic nitrogens is 1. The standard InChI is InChI=1S/C16H17N3O/c20-16(18-13-7-2-1-3-8-13)19-12-6-10-15(19)14-9-4-5-11-17-14/h1-5,7-9,11,15H,6,10,12H2,(H,18,20). The highest BCUT2D eigenvalue weighted by atomic mass is 16.2. The molecule has 1 N–H and O–H groups in total. The van der Waals surface area contributed by atoms with Crippen LogP contribution >= 0.6 is 0 Å². The third kappa shape index (κ3) is 2.64. The predicted octanol–water partition coefficient (Wildman–Crippen LogP) is 3.45. The van der Waals surface area contributed by atoms with Gasteiger partial charge < -0.3 is 10.2 Å². The third-order valence-electron chi connectivity index (χ3n) is 3.57. The molecule has 102 valence electrons. The Balaban J connectivity index is 1.74. The number of carbonyl (C=O) groups is 1. The van der Waals surface area contributed by atoms with E-state index in [1.165, 1.54) is 0 Å². The Kier molecular flexibility index (Phi) is 3.63. The summed E-state index contributed by atoms with van der Waals surface area (Å²) in [5, 5.41) is 2.94. The summed E-state index contributed by atoms with van der Waals surface area (Å²) >= 11 is 0. The summed E-state index contributed by atoms with van der Waals surface area (Å²) in [7, 11) is 0. The van der Waals surface area contributed by atoms with Gasteiger partial charge in [-0.25, -0.2) is 4.79 Å². The van der Waals surface area contributed by atoms with E-state index in [-0.39, 0.29) is 12.1 Å². The molecule has 1 aromatic carbocycles. The second-order valence-electron chi connectivity index (χ2n) is 4.90. The van der Waals surface area contributed by atoms with Crippen LogP contribution in [0, 0.1) is 0 Å². The zero-order valence-electron chi connectivity index (χ0n) is 11.2. The number of pyridine rings is 1. The molecule has 0 saturated carbocycles. The van der Waals surface area contributed by atoms with Gasteiger partial charge in [0.15, 0.2) is 0 Å².